The summed E-state index contributed by atoms with van der Waals surface area (Å²) in [4.78, 5) is 25.0. The fraction of sp³-hybridized carbons (Fsp3) is 0.636. The van der Waals surface area contributed by atoms with Crippen molar-refractivity contribution in [2.75, 3.05) is 6.61 Å². The van der Waals surface area contributed by atoms with Gasteiger partial charge in [-0.05, 0) is 13.8 Å². The molecule has 0 saturated carbocycles. The summed E-state index contributed by atoms with van der Waals surface area (Å²) in [6.07, 6.45) is -2.95. The minimum Gasteiger partial charge on any atom is -0.394 e. The topological polar surface area (TPSA) is 105 Å². The van der Waals surface area contributed by atoms with Crippen molar-refractivity contribution in [3.8, 4) is 0 Å². The molecule has 1 aliphatic heterocycles. The molecule has 0 amide bonds. The molecule has 0 spiro atoms. The second-order valence-electron chi connectivity index (χ2n) is 4.78. The lowest BCUT2D eigenvalue weighted by molar-refractivity contribution is -0.0612. The molecular formula is C11H15FN2O5. The van der Waals surface area contributed by atoms with Crippen LogP contribution < -0.4 is 11.2 Å². The van der Waals surface area contributed by atoms with E-state index >= 15 is 0 Å². The van der Waals surface area contributed by atoms with Crippen molar-refractivity contribution in [1.82, 2.24) is 9.55 Å². The van der Waals surface area contributed by atoms with E-state index in [4.69, 9.17) is 9.84 Å². The number of halogens is 1. The van der Waals surface area contributed by atoms with E-state index in [1.807, 2.05) is 4.98 Å². The summed E-state index contributed by atoms with van der Waals surface area (Å²) in [5.41, 5.74) is -3.46. The molecule has 1 fully saturated rings. The largest absolute Gasteiger partial charge is 0.394 e. The Morgan fingerprint density at radius 1 is 1.58 bits per heavy atom. The minimum absolute atomic E-state index is 0.209. The zero-order valence-corrected chi connectivity index (χ0v) is 10.5. The molecule has 1 aromatic heterocycles. The van der Waals surface area contributed by atoms with Crippen molar-refractivity contribution in [2.24, 2.45) is 0 Å². The smallest absolute Gasteiger partial charge is 0.330 e. The Morgan fingerprint density at radius 3 is 2.74 bits per heavy atom. The maximum Gasteiger partial charge on any atom is 0.330 e. The van der Waals surface area contributed by atoms with Crippen LogP contribution in [0, 0.1) is 6.92 Å². The molecule has 19 heavy (non-hydrogen) atoms. The van der Waals surface area contributed by atoms with Crippen LogP contribution >= 0.6 is 0 Å². The highest BCUT2D eigenvalue weighted by Gasteiger charge is 2.55. The standard InChI is InChI=1S/C11H15FN2O5/c1-5-3-14(10(18)13-8(5)17)9-11(2,12)7(16)6(4-15)19-9/h3,6-7,9,15-16H,4H2,1-2H3,(H,13,17,18)/t6-,7-,9-,11?/m1/s1. The highest BCUT2D eigenvalue weighted by atomic mass is 19.1. The van der Waals surface area contributed by atoms with Gasteiger partial charge in [-0.3, -0.25) is 14.3 Å². The number of H-pyrrole nitrogens is 1. The van der Waals surface area contributed by atoms with Gasteiger partial charge in [0.2, 0.25) is 0 Å². The fourth-order valence-corrected chi connectivity index (χ4v) is 2.12. The number of aliphatic hydroxyl groups is 2. The van der Waals surface area contributed by atoms with E-state index in [0.29, 0.717) is 0 Å². The number of aryl methyl sites for hydroxylation is 1. The maximum atomic E-state index is 14.5. The highest BCUT2D eigenvalue weighted by Crippen LogP contribution is 2.40. The van der Waals surface area contributed by atoms with Crippen LogP contribution in [0.4, 0.5) is 4.39 Å². The number of alkyl halides is 1. The quantitative estimate of drug-likeness (QED) is 0.630. The first-order valence-electron chi connectivity index (χ1n) is 5.74. The number of ether oxygens (including phenoxy) is 1. The number of hydrogen-bond acceptors (Lipinski definition) is 5. The van der Waals surface area contributed by atoms with Gasteiger partial charge in [-0.15, -0.1) is 0 Å². The number of hydrogen-bond donors (Lipinski definition) is 3. The lowest BCUT2D eigenvalue weighted by atomic mass is 9.98. The van der Waals surface area contributed by atoms with Crippen molar-refractivity contribution in [2.45, 2.75) is 38.0 Å². The number of rotatable bonds is 2. The van der Waals surface area contributed by atoms with Crippen LogP contribution in [0.15, 0.2) is 15.8 Å². The average molecular weight is 274 g/mol. The molecule has 8 heteroatoms. The van der Waals surface area contributed by atoms with E-state index in [9.17, 15) is 19.1 Å². The van der Waals surface area contributed by atoms with Gasteiger partial charge >= 0.3 is 5.69 Å². The number of aromatic nitrogens is 2. The van der Waals surface area contributed by atoms with Crippen molar-refractivity contribution < 1.29 is 19.3 Å². The molecule has 4 atom stereocenters. The summed E-state index contributed by atoms with van der Waals surface area (Å²) in [6, 6.07) is 0. The monoisotopic (exact) mass is 274 g/mol. The molecule has 1 unspecified atom stereocenters. The van der Waals surface area contributed by atoms with Gasteiger partial charge in [-0.1, -0.05) is 0 Å². The number of aliphatic hydroxyl groups excluding tert-OH is 2. The summed E-state index contributed by atoms with van der Waals surface area (Å²) in [5, 5.41) is 18.7. The zero-order chi connectivity index (χ0) is 14.4. The van der Waals surface area contributed by atoms with E-state index in [1.54, 1.807) is 0 Å². The molecule has 0 aliphatic carbocycles. The predicted molar refractivity (Wildman–Crippen MR) is 62.6 cm³/mol. The summed E-state index contributed by atoms with van der Waals surface area (Å²) in [7, 11) is 0. The first kappa shape index (κ1) is 13.9. The van der Waals surface area contributed by atoms with E-state index in [2.05, 4.69) is 0 Å². The predicted octanol–water partition coefficient (Wildman–Crippen LogP) is -1.18. The molecular weight excluding hydrogens is 259 g/mol. The Labute approximate surface area is 107 Å². The van der Waals surface area contributed by atoms with Gasteiger partial charge in [0.1, 0.15) is 12.2 Å². The second-order valence-corrected chi connectivity index (χ2v) is 4.78. The zero-order valence-electron chi connectivity index (χ0n) is 10.5. The lowest BCUT2D eigenvalue weighted by Gasteiger charge is -2.24. The van der Waals surface area contributed by atoms with E-state index in [1.165, 1.54) is 6.92 Å². The number of aromatic amines is 1. The van der Waals surface area contributed by atoms with Gasteiger partial charge in [-0.2, -0.15) is 0 Å². The molecule has 2 heterocycles. The Balaban J connectivity index is 2.51. The third kappa shape index (κ3) is 2.11. The van der Waals surface area contributed by atoms with Gasteiger partial charge in [0, 0.05) is 11.8 Å². The van der Waals surface area contributed by atoms with Crippen LogP contribution in [-0.4, -0.2) is 44.2 Å². The summed E-state index contributed by atoms with van der Waals surface area (Å²) >= 11 is 0. The SMILES string of the molecule is Cc1cn([C@@H]2O[C@H](CO)[C@@H](O)C2(C)F)c(=O)[nH]c1=O. The van der Waals surface area contributed by atoms with Crippen molar-refractivity contribution in [3.63, 3.8) is 0 Å². The highest BCUT2D eigenvalue weighted by molar-refractivity contribution is 5.06. The third-order valence-corrected chi connectivity index (χ3v) is 3.30. The summed E-state index contributed by atoms with van der Waals surface area (Å²) in [5.74, 6) is 0. The fourth-order valence-electron chi connectivity index (χ4n) is 2.12. The Morgan fingerprint density at radius 2 is 2.21 bits per heavy atom. The van der Waals surface area contributed by atoms with Crippen LogP contribution in [0.25, 0.3) is 0 Å². The van der Waals surface area contributed by atoms with Crippen LogP contribution in [-0.2, 0) is 4.74 Å². The van der Waals surface area contributed by atoms with Crippen LogP contribution in [0.2, 0.25) is 0 Å². The maximum absolute atomic E-state index is 14.5. The summed E-state index contributed by atoms with van der Waals surface area (Å²) in [6.45, 7) is 1.96. The average Bonchev–Trinajstić information content (AvgIpc) is 2.56. The van der Waals surface area contributed by atoms with Gasteiger partial charge in [0.25, 0.3) is 5.56 Å². The minimum atomic E-state index is -2.26. The molecule has 1 saturated heterocycles. The first-order chi connectivity index (χ1) is 8.78. The lowest BCUT2D eigenvalue weighted by Crippen LogP contribution is -2.44. The Kier molecular flexibility index (Phi) is 3.33. The van der Waals surface area contributed by atoms with Crippen molar-refractivity contribution in [1.29, 1.82) is 0 Å². The van der Waals surface area contributed by atoms with Gasteiger partial charge in [0.05, 0.1) is 6.61 Å². The van der Waals surface area contributed by atoms with Crippen molar-refractivity contribution >= 4 is 0 Å². The molecule has 1 aliphatic rings. The molecule has 1 aromatic rings. The molecule has 0 aromatic carbocycles. The molecule has 3 N–H and O–H groups in total. The Hall–Kier alpha value is -1.51. The van der Waals surface area contributed by atoms with Gasteiger partial charge < -0.3 is 14.9 Å². The van der Waals surface area contributed by atoms with Crippen LogP contribution in [0.5, 0.6) is 0 Å². The number of nitrogens with one attached hydrogen (secondary N) is 1. The summed E-state index contributed by atoms with van der Waals surface area (Å²) < 4.78 is 20.5. The van der Waals surface area contributed by atoms with E-state index in [0.717, 1.165) is 17.7 Å². The molecule has 7 nitrogen and oxygen atoms in total. The molecule has 0 bridgehead atoms. The van der Waals surface area contributed by atoms with Crippen LogP contribution in [0.3, 0.4) is 0 Å². The number of nitrogens with zero attached hydrogens (tertiary/aromatic N) is 1. The van der Waals surface area contributed by atoms with Gasteiger partial charge in [0.15, 0.2) is 11.9 Å². The normalized spacial score (nSPS) is 34.7. The Bertz CT molecular complexity index is 593. The van der Waals surface area contributed by atoms with Crippen molar-refractivity contribution in [3.05, 3.63) is 32.6 Å². The molecule has 2 rings (SSSR count). The van der Waals surface area contributed by atoms with E-state index < -0.39 is 42.0 Å². The second kappa shape index (κ2) is 4.55. The third-order valence-electron chi connectivity index (χ3n) is 3.30. The van der Waals surface area contributed by atoms with Crippen LogP contribution in [0.1, 0.15) is 18.7 Å². The van der Waals surface area contributed by atoms with Gasteiger partial charge in [-0.25, -0.2) is 9.18 Å². The first-order valence-corrected chi connectivity index (χ1v) is 5.74. The molecule has 106 valence electrons. The molecule has 0 radical (unpaired) electrons. The van der Waals surface area contributed by atoms with E-state index in [-0.39, 0.29) is 5.56 Å².